The van der Waals surface area contributed by atoms with Crippen LogP contribution in [-0.4, -0.2) is 42.2 Å². The zero-order valence-electron chi connectivity index (χ0n) is 15.5. The SMILES string of the molecule is Cc1ccc(F)cc1NC(=O)CCc1c(C)nc(N2CCOCC2)[nH]c1=O. The van der Waals surface area contributed by atoms with Crippen molar-refractivity contribution in [3.8, 4) is 0 Å². The normalized spacial score (nSPS) is 14.3. The fraction of sp³-hybridized carbons (Fsp3) is 0.421. The molecule has 144 valence electrons. The smallest absolute Gasteiger partial charge is 0.255 e. The molecule has 8 heteroatoms. The van der Waals surface area contributed by atoms with Crippen molar-refractivity contribution in [3.63, 3.8) is 0 Å². The molecule has 0 saturated carbocycles. The summed E-state index contributed by atoms with van der Waals surface area (Å²) < 4.78 is 18.6. The maximum atomic E-state index is 13.3. The molecule has 1 aromatic heterocycles. The molecule has 2 aromatic rings. The van der Waals surface area contributed by atoms with E-state index in [9.17, 15) is 14.0 Å². The van der Waals surface area contributed by atoms with E-state index < -0.39 is 5.82 Å². The van der Waals surface area contributed by atoms with Crippen molar-refractivity contribution < 1.29 is 13.9 Å². The van der Waals surface area contributed by atoms with E-state index in [0.29, 0.717) is 49.2 Å². The van der Waals surface area contributed by atoms with E-state index >= 15 is 0 Å². The Morgan fingerprint density at radius 2 is 2.07 bits per heavy atom. The molecule has 0 bridgehead atoms. The summed E-state index contributed by atoms with van der Waals surface area (Å²) in [6.07, 6.45) is 0.371. The van der Waals surface area contributed by atoms with Crippen molar-refractivity contribution in [2.24, 2.45) is 0 Å². The van der Waals surface area contributed by atoms with E-state index in [4.69, 9.17) is 4.74 Å². The van der Waals surface area contributed by atoms with E-state index in [-0.39, 0.29) is 24.3 Å². The van der Waals surface area contributed by atoms with Crippen LogP contribution in [0.5, 0.6) is 0 Å². The zero-order chi connectivity index (χ0) is 19.4. The summed E-state index contributed by atoms with van der Waals surface area (Å²) in [5.74, 6) is -0.157. The summed E-state index contributed by atoms with van der Waals surface area (Å²) in [7, 11) is 0. The topological polar surface area (TPSA) is 87.3 Å². The third-order valence-corrected chi connectivity index (χ3v) is 4.60. The number of aromatic amines is 1. The molecular weight excluding hydrogens is 351 g/mol. The van der Waals surface area contributed by atoms with Crippen LogP contribution in [0.25, 0.3) is 0 Å². The molecule has 1 aromatic carbocycles. The Kier molecular flexibility index (Phi) is 5.85. The average molecular weight is 374 g/mol. The molecule has 1 fully saturated rings. The number of hydrogen-bond donors (Lipinski definition) is 2. The minimum absolute atomic E-state index is 0.110. The van der Waals surface area contributed by atoms with Crippen molar-refractivity contribution in [2.45, 2.75) is 26.7 Å². The largest absolute Gasteiger partial charge is 0.378 e. The zero-order valence-corrected chi connectivity index (χ0v) is 15.5. The number of anilines is 2. The molecule has 0 radical (unpaired) electrons. The van der Waals surface area contributed by atoms with Crippen LogP contribution >= 0.6 is 0 Å². The molecule has 0 aliphatic carbocycles. The third kappa shape index (κ3) is 4.71. The number of nitrogens with zero attached hydrogens (tertiary/aromatic N) is 2. The number of benzene rings is 1. The van der Waals surface area contributed by atoms with Crippen molar-refractivity contribution >= 4 is 17.5 Å². The first-order chi connectivity index (χ1) is 12.9. The fourth-order valence-electron chi connectivity index (χ4n) is 3.00. The number of rotatable bonds is 5. The minimum Gasteiger partial charge on any atom is -0.378 e. The second kappa shape index (κ2) is 8.30. The van der Waals surface area contributed by atoms with Gasteiger partial charge in [-0.3, -0.25) is 14.6 Å². The fourth-order valence-corrected chi connectivity index (χ4v) is 3.00. The maximum absolute atomic E-state index is 13.3. The predicted octanol–water partition coefficient (Wildman–Crippen LogP) is 1.93. The number of amides is 1. The van der Waals surface area contributed by atoms with Gasteiger partial charge >= 0.3 is 0 Å². The summed E-state index contributed by atoms with van der Waals surface area (Å²) in [6, 6.07) is 4.23. The van der Waals surface area contributed by atoms with Gasteiger partial charge in [0.25, 0.3) is 5.56 Å². The van der Waals surface area contributed by atoms with Gasteiger partial charge in [-0.25, -0.2) is 9.37 Å². The van der Waals surface area contributed by atoms with Gasteiger partial charge in [0, 0.05) is 36.5 Å². The number of H-pyrrole nitrogens is 1. The van der Waals surface area contributed by atoms with Crippen LogP contribution < -0.4 is 15.8 Å². The Hall–Kier alpha value is -2.74. The average Bonchev–Trinajstić information content (AvgIpc) is 2.64. The summed E-state index contributed by atoms with van der Waals surface area (Å²) in [6.45, 7) is 6.12. The lowest BCUT2D eigenvalue weighted by molar-refractivity contribution is -0.116. The number of ether oxygens (including phenoxy) is 1. The number of halogens is 1. The highest BCUT2D eigenvalue weighted by Crippen LogP contribution is 2.17. The standard InChI is InChI=1S/C19H23FN4O3/c1-12-3-4-14(20)11-16(12)22-17(25)6-5-15-13(2)21-19(23-18(15)26)24-7-9-27-10-8-24/h3-4,11H,5-10H2,1-2H3,(H,22,25)(H,21,23,26). The number of aromatic nitrogens is 2. The lowest BCUT2D eigenvalue weighted by Gasteiger charge is -2.27. The Bertz CT molecular complexity index is 891. The first-order valence-corrected chi connectivity index (χ1v) is 8.92. The van der Waals surface area contributed by atoms with Gasteiger partial charge in [0.1, 0.15) is 5.82 Å². The Morgan fingerprint density at radius 1 is 1.33 bits per heavy atom. The quantitative estimate of drug-likeness (QED) is 0.835. The molecule has 3 rings (SSSR count). The van der Waals surface area contributed by atoms with Crippen molar-refractivity contribution in [1.29, 1.82) is 0 Å². The van der Waals surface area contributed by atoms with Crippen molar-refractivity contribution in [1.82, 2.24) is 9.97 Å². The molecule has 0 atom stereocenters. The molecule has 1 aliphatic rings. The van der Waals surface area contributed by atoms with Gasteiger partial charge < -0.3 is 15.0 Å². The van der Waals surface area contributed by atoms with Crippen LogP contribution in [-0.2, 0) is 16.0 Å². The predicted molar refractivity (Wildman–Crippen MR) is 101 cm³/mol. The number of hydrogen-bond acceptors (Lipinski definition) is 5. The van der Waals surface area contributed by atoms with E-state index in [1.807, 2.05) is 4.90 Å². The first kappa shape index (κ1) is 19.0. The molecule has 0 spiro atoms. The molecule has 1 aliphatic heterocycles. The highest BCUT2D eigenvalue weighted by Gasteiger charge is 2.17. The van der Waals surface area contributed by atoms with Crippen LogP contribution in [0.1, 0.15) is 23.2 Å². The molecule has 1 saturated heterocycles. The lowest BCUT2D eigenvalue weighted by Crippen LogP contribution is -2.38. The van der Waals surface area contributed by atoms with Crippen LogP contribution in [0.2, 0.25) is 0 Å². The molecule has 2 heterocycles. The Balaban J connectivity index is 1.66. The number of carbonyl (C=O) groups excluding carboxylic acids is 1. The Labute approximate surface area is 156 Å². The van der Waals surface area contributed by atoms with Gasteiger partial charge in [-0.2, -0.15) is 0 Å². The van der Waals surface area contributed by atoms with Crippen LogP contribution in [0.15, 0.2) is 23.0 Å². The number of nitrogens with one attached hydrogen (secondary N) is 2. The summed E-state index contributed by atoms with van der Waals surface area (Å²) >= 11 is 0. The Morgan fingerprint density at radius 3 is 2.78 bits per heavy atom. The lowest BCUT2D eigenvalue weighted by atomic mass is 10.1. The first-order valence-electron chi connectivity index (χ1n) is 8.92. The van der Waals surface area contributed by atoms with Crippen LogP contribution in [0.3, 0.4) is 0 Å². The van der Waals surface area contributed by atoms with Gasteiger partial charge in [0.05, 0.1) is 13.2 Å². The van der Waals surface area contributed by atoms with Gasteiger partial charge in [0.2, 0.25) is 11.9 Å². The third-order valence-electron chi connectivity index (χ3n) is 4.60. The highest BCUT2D eigenvalue weighted by atomic mass is 19.1. The van der Waals surface area contributed by atoms with E-state index in [1.54, 1.807) is 19.9 Å². The maximum Gasteiger partial charge on any atom is 0.255 e. The molecule has 2 N–H and O–H groups in total. The summed E-state index contributed by atoms with van der Waals surface area (Å²) in [5, 5.41) is 2.69. The van der Waals surface area contributed by atoms with Gasteiger partial charge in [-0.15, -0.1) is 0 Å². The molecule has 0 unspecified atom stereocenters. The van der Waals surface area contributed by atoms with Crippen LogP contribution in [0, 0.1) is 19.7 Å². The van der Waals surface area contributed by atoms with Gasteiger partial charge in [0.15, 0.2) is 0 Å². The highest BCUT2D eigenvalue weighted by molar-refractivity contribution is 5.91. The van der Waals surface area contributed by atoms with Gasteiger partial charge in [-0.1, -0.05) is 6.07 Å². The molecule has 1 amide bonds. The van der Waals surface area contributed by atoms with E-state index in [2.05, 4.69) is 15.3 Å². The number of aryl methyl sites for hydroxylation is 2. The summed E-state index contributed by atoms with van der Waals surface area (Å²) in [4.78, 5) is 33.9. The molecule has 27 heavy (non-hydrogen) atoms. The second-order valence-corrected chi connectivity index (χ2v) is 6.56. The summed E-state index contributed by atoms with van der Waals surface area (Å²) in [5.41, 5.74) is 2.06. The number of morpholine rings is 1. The monoisotopic (exact) mass is 374 g/mol. The van der Waals surface area contributed by atoms with Crippen molar-refractivity contribution in [3.05, 3.63) is 51.2 Å². The van der Waals surface area contributed by atoms with Gasteiger partial charge in [-0.05, 0) is 38.0 Å². The van der Waals surface area contributed by atoms with E-state index in [0.717, 1.165) is 5.56 Å². The van der Waals surface area contributed by atoms with Crippen molar-refractivity contribution in [2.75, 3.05) is 36.5 Å². The number of carbonyl (C=O) groups is 1. The second-order valence-electron chi connectivity index (χ2n) is 6.56. The van der Waals surface area contributed by atoms with E-state index in [1.165, 1.54) is 12.1 Å². The minimum atomic E-state index is -0.411. The molecule has 7 nitrogen and oxygen atoms in total. The molecular formula is C19H23FN4O3. The van der Waals surface area contributed by atoms with Crippen LogP contribution in [0.4, 0.5) is 16.0 Å².